The zero-order chi connectivity index (χ0) is 20.9. The van der Waals surface area contributed by atoms with Crippen LogP contribution in [0.5, 0.6) is 0 Å². The molecule has 5 nitrogen and oxygen atoms in total. The Labute approximate surface area is 185 Å². The van der Waals surface area contributed by atoms with Crippen LogP contribution in [-0.2, 0) is 4.74 Å². The van der Waals surface area contributed by atoms with E-state index in [0.717, 1.165) is 80.9 Å². The van der Waals surface area contributed by atoms with Gasteiger partial charge < -0.3 is 9.64 Å². The molecule has 0 bridgehead atoms. The molecule has 156 valence electrons. The van der Waals surface area contributed by atoms with Crippen LogP contribution < -0.4 is 4.90 Å². The Morgan fingerprint density at radius 2 is 2.03 bits per heavy atom. The van der Waals surface area contributed by atoms with Crippen molar-refractivity contribution >= 4 is 32.5 Å². The molecule has 0 unspecified atom stereocenters. The highest BCUT2D eigenvalue weighted by molar-refractivity contribution is 6.39. The Bertz CT molecular complexity index is 1080. The lowest BCUT2D eigenvalue weighted by Gasteiger charge is -2.49. The minimum atomic E-state index is 0.327. The zero-order valence-electron chi connectivity index (χ0n) is 17.7. The molecule has 2 aliphatic rings. The van der Waals surface area contributed by atoms with Crippen molar-refractivity contribution in [2.45, 2.75) is 44.9 Å². The molecule has 2 radical (unpaired) electrons. The second-order valence-corrected chi connectivity index (χ2v) is 11.2. The number of piperidine rings is 1. The van der Waals surface area contributed by atoms with Gasteiger partial charge in [-0.3, -0.25) is 4.40 Å². The summed E-state index contributed by atoms with van der Waals surface area (Å²) in [6.45, 7) is 9.63. The number of fused-ring (bicyclic) bond motifs is 1. The van der Waals surface area contributed by atoms with Gasteiger partial charge in [-0.25, -0.2) is 9.97 Å². The van der Waals surface area contributed by atoms with Gasteiger partial charge in [-0.2, -0.15) is 0 Å². The summed E-state index contributed by atoms with van der Waals surface area (Å²) in [6, 6.07) is 7.94. The third-order valence-electron chi connectivity index (χ3n) is 6.91. The number of ether oxygens (including phenoxy) is 1. The number of hydrogen-bond donors (Lipinski definition) is 0. The Morgan fingerprint density at radius 3 is 2.77 bits per heavy atom. The molecular weight excluding hydrogens is 412 g/mol. The van der Waals surface area contributed by atoms with E-state index in [9.17, 15) is 0 Å². The molecule has 1 aromatic carbocycles. The van der Waals surface area contributed by atoms with Crippen molar-refractivity contribution in [3.63, 3.8) is 0 Å². The highest BCUT2D eigenvalue weighted by atomic mass is 35.5. The van der Waals surface area contributed by atoms with Crippen molar-refractivity contribution in [1.29, 1.82) is 0 Å². The molecule has 2 atom stereocenters. The van der Waals surface area contributed by atoms with E-state index in [1.54, 1.807) is 0 Å². The summed E-state index contributed by atoms with van der Waals surface area (Å²) in [7, 11) is 0.897. The summed E-state index contributed by atoms with van der Waals surface area (Å²) in [5, 5.41) is 0.726. The summed E-state index contributed by atoms with van der Waals surface area (Å²) in [4.78, 5) is 12.0. The van der Waals surface area contributed by atoms with Crippen molar-refractivity contribution in [3.05, 3.63) is 47.5 Å². The van der Waals surface area contributed by atoms with E-state index < -0.39 is 0 Å². The molecule has 30 heavy (non-hydrogen) atoms. The summed E-state index contributed by atoms with van der Waals surface area (Å²) in [5.41, 5.74) is 5.62. The van der Waals surface area contributed by atoms with Gasteiger partial charge >= 0.3 is 0 Å². The topological polar surface area (TPSA) is 42.7 Å². The highest BCUT2D eigenvalue weighted by Crippen LogP contribution is 2.46. The quantitative estimate of drug-likeness (QED) is 0.537. The standard InChI is InChI=1S/C23H27ClN4OSi/c1-15-21(18-5-4-6-19(24)11-18)28-14-25-12-20(28)22(26-15)27-9-7-23(8-10-27)13-29-17(3)30-16(23)2/h4-6,11-12,14,16-17H,7-10,13H2,1-3H3/t16-,17+/m0/s1. The molecule has 2 fully saturated rings. The summed E-state index contributed by atoms with van der Waals surface area (Å²) < 4.78 is 8.24. The molecule has 7 heteroatoms. The van der Waals surface area contributed by atoms with Gasteiger partial charge in [0.1, 0.15) is 5.52 Å². The molecule has 0 amide bonds. The lowest BCUT2D eigenvalue weighted by atomic mass is 9.76. The first kappa shape index (κ1) is 20.0. The fourth-order valence-electron chi connectivity index (χ4n) is 5.03. The largest absolute Gasteiger partial charge is 0.382 e. The van der Waals surface area contributed by atoms with Crippen molar-refractivity contribution < 1.29 is 4.74 Å². The Morgan fingerprint density at radius 1 is 1.23 bits per heavy atom. The number of anilines is 1. The summed E-state index contributed by atoms with van der Waals surface area (Å²) in [5.74, 6) is 1.03. The molecular formula is C23H27ClN4OSi. The fraction of sp³-hybridized carbons (Fsp3) is 0.478. The first-order chi connectivity index (χ1) is 14.5. The van der Waals surface area contributed by atoms with E-state index >= 15 is 0 Å². The number of rotatable bonds is 2. The third-order valence-corrected chi connectivity index (χ3v) is 8.89. The van der Waals surface area contributed by atoms with E-state index in [0.29, 0.717) is 11.1 Å². The lowest BCUT2D eigenvalue weighted by molar-refractivity contribution is -0.00561. The number of imidazole rings is 1. The van der Waals surface area contributed by atoms with Crippen LogP contribution in [0.2, 0.25) is 10.6 Å². The zero-order valence-corrected chi connectivity index (χ0v) is 19.5. The first-order valence-corrected chi connectivity index (χ1v) is 12.2. The average molecular weight is 439 g/mol. The smallest absolute Gasteiger partial charge is 0.154 e. The van der Waals surface area contributed by atoms with Gasteiger partial charge in [-0.1, -0.05) is 30.7 Å². The second kappa shape index (κ2) is 7.66. The number of halogens is 1. The Hall–Kier alpha value is -1.89. The maximum atomic E-state index is 6.25. The van der Waals surface area contributed by atoms with Gasteiger partial charge in [0.2, 0.25) is 0 Å². The van der Waals surface area contributed by atoms with Crippen LogP contribution in [0.15, 0.2) is 36.8 Å². The SMILES string of the molecule is Cc1nc(N2CCC3(CC2)CO[C@@H](C)[Si][C@H]3C)c2cncn2c1-c1cccc(Cl)c1. The minimum absolute atomic E-state index is 0.327. The van der Waals surface area contributed by atoms with Gasteiger partial charge in [-0.15, -0.1) is 0 Å². The molecule has 2 aliphatic heterocycles. The van der Waals surface area contributed by atoms with Gasteiger partial charge in [0.15, 0.2) is 5.82 Å². The van der Waals surface area contributed by atoms with Gasteiger partial charge in [0, 0.05) is 29.4 Å². The Kier molecular flexibility index (Phi) is 5.12. The van der Waals surface area contributed by atoms with Crippen LogP contribution in [0, 0.1) is 12.3 Å². The molecule has 2 saturated heterocycles. The molecule has 2 aromatic heterocycles. The molecule has 1 spiro atoms. The highest BCUT2D eigenvalue weighted by Gasteiger charge is 2.43. The van der Waals surface area contributed by atoms with Crippen molar-refractivity contribution in [2.75, 3.05) is 24.6 Å². The maximum Gasteiger partial charge on any atom is 0.154 e. The predicted octanol–water partition coefficient (Wildman–Crippen LogP) is 4.83. The monoisotopic (exact) mass is 438 g/mol. The summed E-state index contributed by atoms with van der Waals surface area (Å²) in [6.07, 6.45) is 6.13. The van der Waals surface area contributed by atoms with E-state index in [2.05, 4.69) is 41.1 Å². The summed E-state index contributed by atoms with van der Waals surface area (Å²) >= 11 is 6.25. The third kappa shape index (κ3) is 3.35. The van der Waals surface area contributed by atoms with Gasteiger partial charge in [0.05, 0.1) is 40.0 Å². The molecule has 0 saturated carbocycles. The fourth-order valence-corrected chi connectivity index (χ4v) is 6.83. The van der Waals surface area contributed by atoms with Crippen LogP contribution >= 0.6 is 11.6 Å². The van der Waals surface area contributed by atoms with Crippen molar-refractivity contribution in [3.8, 4) is 11.3 Å². The average Bonchev–Trinajstić information content (AvgIpc) is 3.20. The van der Waals surface area contributed by atoms with Crippen LogP contribution in [0.4, 0.5) is 5.82 Å². The number of nitrogens with zero attached hydrogens (tertiary/aromatic N) is 4. The molecule has 4 heterocycles. The Balaban J connectivity index is 1.47. The first-order valence-electron chi connectivity index (χ1n) is 10.7. The van der Waals surface area contributed by atoms with E-state index in [-0.39, 0.29) is 0 Å². The molecule has 5 rings (SSSR count). The molecule has 0 N–H and O–H groups in total. The van der Waals surface area contributed by atoms with E-state index in [4.69, 9.17) is 21.3 Å². The number of hydrogen-bond acceptors (Lipinski definition) is 4. The number of benzene rings is 1. The van der Waals surface area contributed by atoms with Crippen molar-refractivity contribution in [1.82, 2.24) is 14.4 Å². The van der Waals surface area contributed by atoms with Gasteiger partial charge in [-0.05, 0) is 49.8 Å². The van der Waals surface area contributed by atoms with Gasteiger partial charge in [0.25, 0.3) is 0 Å². The van der Waals surface area contributed by atoms with E-state index in [1.165, 1.54) is 0 Å². The van der Waals surface area contributed by atoms with Crippen LogP contribution in [0.25, 0.3) is 16.8 Å². The normalized spacial score (nSPS) is 23.9. The van der Waals surface area contributed by atoms with E-state index in [1.807, 2.05) is 30.7 Å². The van der Waals surface area contributed by atoms with Crippen LogP contribution in [0.3, 0.4) is 0 Å². The van der Waals surface area contributed by atoms with Crippen LogP contribution in [-0.4, -0.2) is 49.3 Å². The van der Waals surface area contributed by atoms with Crippen molar-refractivity contribution in [2.24, 2.45) is 5.41 Å². The number of aromatic nitrogens is 3. The molecule has 3 aromatic rings. The minimum Gasteiger partial charge on any atom is -0.382 e. The maximum absolute atomic E-state index is 6.25. The van der Waals surface area contributed by atoms with Crippen LogP contribution in [0.1, 0.15) is 32.4 Å². The predicted molar refractivity (Wildman–Crippen MR) is 123 cm³/mol. The number of aryl methyl sites for hydroxylation is 1. The molecule has 0 aliphatic carbocycles. The second-order valence-electron chi connectivity index (χ2n) is 8.72. The lowest BCUT2D eigenvalue weighted by Crippen LogP contribution is -2.50.